The van der Waals surface area contributed by atoms with E-state index in [-0.39, 0.29) is 17.0 Å². The monoisotopic (exact) mass is 441 g/mol. The van der Waals surface area contributed by atoms with Crippen molar-refractivity contribution in [1.82, 2.24) is 4.72 Å². The highest BCUT2D eigenvalue weighted by atomic mass is 32.2. The third kappa shape index (κ3) is 3.95. The molecule has 0 unspecified atom stereocenters. The largest absolute Gasteiger partial charge is 0.493 e. The molecule has 0 amide bonds. The Morgan fingerprint density at radius 1 is 1.06 bits per heavy atom. The fourth-order valence-electron chi connectivity index (χ4n) is 4.93. The van der Waals surface area contributed by atoms with Gasteiger partial charge >= 0.3 is 0 Å². The zero-order valence-electron chi connectivity index (χ0n) is 17.8. The van der Waals surface area contributed by atoms with Crippen molar-refractivity contribution in [2.75, 3.05) is 25.7 Å². The SMILES string of the molecule is COc1cccc(CCNS(=O)(=O)c2cccc(N3C4CCC3CC4)c2C#N)c1OC. The number of ether oxygens (including phenoxy) is 2. The van der Waals surface area contributed by atoms with Gasteiger partial charge in [0.25, 0.3) is 0 Å². The van der Waals surface area contributed by atoms with Crippen molar-refractivity contribution in [2.24, 2.45) is 0 Å². The predicted octanol–water partition coefficient (Wildman–Crippen LogP) is 3.23. The molecule has 0 saturated carbocycles. The van der Waals surface area contributed by atoms with Gasteiger partial charge in [0.1, 0.15) is 11.0 Å². The van der Waals surface area contributed by atoms with Crippen LogP contribution < -0.4 is 19.1 Å². The lowest BCUT2D eigenvalue weighted by Crippen LogP contribution is -2.31. The molecule has 31 heavy (non-hydrogen) atoms. The summed E-state index contributed by atoms with van der Waals surface area (Å²) in [6, 6.07) is 13.6. The number of nitrogens with zero attached hydrogens (tertiary/aromatic N) is 2. The molecule has 2 aromatic rings. The molecule has 4 rings (SSSR count). The van der Waals surface area contributed by atoms with Crippen molar-refractivity contribution < 1.29 is 17.9 Å². The summed E-state index contributed by atoms with van der Waals surface area (Å²) < 4.78 is 39.5. The average molecular weight is 442 g/mol. The number of rotatable bonds is 8. The summed E-state index contributed by atoms with van der Waals surface area (Å²) >= 11 is 0. The van der Waals surface area contributed by atoms with Gasteiger partial charge in [-0.3, -0.25) is 0 Å². The van der Waals surface area contributed by atoms with E-state index in [1.165, 1.54) is 6.07 Å². The maximum absolute atomic E-state index is 13.1. The number of anilines is 1. The number of hydrogen-bond acceptors (Lipinski definition) is 6. The second kappa shape index (κ2) is 8.77. The molecule has 164 valence electrons. The number of nitrogens with one attached hydrogen (secondary N) is 1. The molecule has 7 nitrogen and oxygen atoms in total. The summed E-state index contributed by atoms with van der Waals surface area (Å²) in [5.41, 5.74) is 1.81. The van der Waals surface area contributed by atoms with Crippen molar-refractivity contribution in [3.05, 3.63) is 47.5 Å². The molecular weight excluding hydrogens is 414 g/mol. The van der Waals surface area contributed by atoms with Crippen LogP contribution in [0.1, 0.15) is 36.8 Å². The van der Waals surface area contributed by atoms with Crippen molar-refractivity contribution in [2.45, 2.75) is 49.1 Å². The first kappa shape index (κ1) is 21.5. The van der Waals surface area contributed by atoms with Crippen LogP contribution in [-0.2, 0) is 16.4 Å². The number of sulfonamides is 1. The van der Waals surface area contributed by atoms with Crippen LogP contribution in [0.5, 0.6) is 11.5 Å². The van der Waals surface area contributed by atoms with Crippen molar-refractivity contribution in [3.63, 3.8) is 0 Å². The Kier molecular flexibility index (Phi) is 6.08. The van der Waals surface area contributed by atoms with Crippen LogP contribution in [0.15, 0.2) is 41.3 Å². The van der Waals surface area contributed by atoms with E-state index in [9.17, 15) is 13.7 Å². The molecule has 0 radical (unpaired) electrons. The lowest BCUT2D eigenvalue weighted by Gasteiger charge is -2.26. The van der Waals surface area contributed by atoms with Crippen LogP contribution in [0.3, 0.4) is 0 Å². The number of para-hydroxylation sites is 1. The summed E-state index contributed by atoms with van der Waals surface area (Å²) in [5, 5.41) is 9.85. The Bertz CT molecular complexity index is 1090. The highest BCUT2D eigenvalue weighted by Crippen LogP contribution is 2.43. The molecule has 2 fully saturated rings. The van der Waals surface area contributed by atoms with Gasteiger partial charge in [0, 0.05) is 18.6 Å². The Morgan fingerprint density at radius 2 is 1.74 bits per heavy atom. The molecule has 2 aromatic carbocycles. The zero-order valence-corrected chi connectivity index (χ0v) is 18.6. The molecule has 0 atom stereocenters. The van der Waals surface area contributed by atoms with E-state index in [0.29, 0.717) is 30.0 Å². The minimum Gasteiger partial charge on any atom is -0.493 e. The van der Waals surface area contributed by atoms with Gasteiger partial charge in [-0.05, 0) is 55.9 Å². The molecule has 2 aliphatic heterocycles. The molecule has 0 spiro atoms. The maximum atomic E-state index is 13.1. The van der Waals surface area contributed by atoms with Crippen LogP contribution in [0, 0.1) is 11.3 Å². The molecule has 1 N–H and O–H groups in total. The van der Waals surface area contributed by atoms with Gasteiger partial charge in [-0.15, -0.1) is 0 Å². The smallest absolute Gasteiger partial charge is 0.241 e. The van der Waals surface area contributed by atoms with Crippen LogP contribution in [0.4, 0.5) is 5.69 Å². The van der Waals surface area contributed by atoms with Crippen molar-refractivity contribution >= 4 is 15.7 Å². The molecule has 2 aliphatic rings. The Balaban J connectivity index is 1.55. The van der Waals surface area contributed by atoms with E-state index in [2.05, 4.69) is 15.7 Å². The van der Waals surface area contributed by atoms with E-state index in [4.69, 9.17) is 9.47 Å². The lowest BCUT2D eigenvalue weighted by molar-refractivity contribution is 0.351. The Morgan fingerprint density at radius 3 is 2.35 bits per heavy atom. The van der Waals surface area contributed by atoms with Gasteiger partial charge < -0.3 is 14.4 Å². The summed E-state index contributed by atoms with van der Waals surface area (Å²) in [5.74, 6) is 1.19. The molecule has 2 bridgehead atoms. The normalized spacial score (nSPS) is 20.0. The molecule has 2 saturated heterocycles. The summed E-state index contributed by atoms with van der Waals surface area (Å²) in [6.07, 6.45) is 4.85. The summed E-state index contributed by atoms with van der Waals surface area (Å²) in [4.78, 5) is 2.30. The van der Waals surface area contributed by atoms with E-state index in [1.54, 1.807) is 26.4 Å². The number of nitriles is 1. The van der Waals surface area contributed by atoms with Gasteiger partial charge in [0.15, 0.2) is 11.5 Å². The molecule has 8 heteroatoms. The second-order valence-electron chi connectivity index (χ2n) is 7.93. The first-order chi connectivity index (χ1) is 15.0. The van der Waals surface area contributed by atoms with Crippen LogP contribution in [0.2, 0.25) is 0 Å². The minimum atomic E-state index is -3.85. The van der Waals surface area contributed by atoms with Crippen molar-refractivity contribution in [1.29, 1.82) is 5.26 Å². The van der Waals surface area contributed by atoms with Crippen LogP contribution >= 0.6 is 0 Å². The first-order valence-electron chi connectivity index (χ1n) is 10.5. The van der Waals surface area contributed by atoms with Crippen LogP contribution in [0.25, 0.3) is 0 Å². The standard InChI is InChI=1S/C23H27N3O4S/c1-29-21-7-3-5-16(23(21)30-2)13-14-25-31(27,28)22-8-4-6-20(19(22)15-24)26-17-9-10-18(26)12-11-17/h3-8,17-18,25H,9-14H2,1-2H3. The van der Waals surface area contributed by atoms with Gasteiger partial charge in [-0.25, -0.2) is 13.1 Å². The fraction of sp³-hybridized carbons (Fsp3) is 0.435. The molecule has 0 aliphatic carbocycles. The van der Waals surface area contributed by atoms with E-state index < -0.39 is 10.0 Å². The van der Waals surface area contributed by atoms with E-state index >= 15 is 0 Å². The summed E-state index contributed by atoms with van der Waals surface area (Å²) in [6.45, 7) is 0.177. The molecule has 0 aromatic heterocycles. The third-order valence-electron chi connectivity index (χ3n) is 6.31. The van der Waals surface area contributed by atoms with Gasteiger partial charge in [0.05, 0.1) is 25.5 Å². The highest BCUT2D eigenvalue weighted by Gasteiger charge is 2.40. The fourth-order valence-corrected chi connectivity index (χ4v) is 6.13. The minimum absolute atomic E-state index is 0.0383. The molecule has 2 heterocycles. The zero-order chi connectivity index (χ0) is 22.0. The van der Waals surface area contributed by atoms with Gasteiger partial charge in [-0.1, -0.05) is 18.2 Å². The Hall–Kier alpha value is -2.76. The molecular formula is C23H27N3O4S. The predicted molar refractivity (Wildman–Crippen MR) is 118 cm³/mol. The third-order valence-corrected chi connectivity index (χ3v) is 7.81. The van der Waals surface area contributed by atoms with Crippen molar-refractivity contribution in [3.8, 4) is 17.6 Å². The van der Waals surface area contributed by atoms with E-state index in [0.717, 1.165) is 36.9 Å². The topological polar surface area (TPSA) is 91.7 Å². The number of benzene rings is 2. The average Bonchev–Trinajstić information content (AvgIpc) is 3.38. The quantitative estimate of drug-likeness (QED) is 0.676. The van der Waals surface area contributed by atoms with E-state index in [1.807, 2.05) is 18.2 Å². The first-order valence-corrected chi connectivity index (χ1v) is 12.0. The van der Waals surface area contributed by atoms with Gasteiger partial charge in [0.2, 0.25) is 10.0 Å². The number of hydrogen-bond donors (Lipinski definition) is 1. The maximum Gasteiger partial charge on any atom is 0.241 e. The van der Waals surface area contributed by atoms with Crippen LogP contribution in [-0.4, -0.2) is 41.3 Å². The Labute approximate surface area is 183 Å². The highest BCUT2D eigenvalue weighted by molar-refractivity contribution is 7.89. The van der Waals surface area contributed by atoms with Gasteiger partial charge in [-0.2, -0.15) is 5.26 Å². The summed E-state index contributed by atoms with van der Waals surface area (Å²) in [7, 11) is -0.726. The second-order valence-corrected chi connectivity index (χ2v) is 9.67. The number of fused-ring (bicyclic) bond motifs is 2. The lowest BCUT2D eigenvalue weighted by atomic mass is 10.0. The number of methoxy groups -OCH3 is 2.